The zero-order valence-corrected chi connectivity index (χ0v) is 15.9. The number of hydrogen-bond acceptors (Lipinski definition) is 3. The molecule has 0 fully saturated rings. The highest BCUT2D eigenvalue weighted by atomic mass is 19.2. The molecule has 0 saturated heterocycles. The minimum Gasteiger partial charge on any atom is -0.347 e. The summed E-state index contributed by atoms with van der Waals surface area (Å²) in [7, 11) is 0. The molecule has 0 saturated carbocycles. The maximum Gasteiger partial charge on any atom is 0.243 e. The minimum absolute atomic E-state index is 0.0294. The topological polar surface area (TPSA) is 75.3 Å². The van der Waals surface area contributed by atoms with Crippen LogP contribution in [0.15, 0.2) is 36.4 Å². The highest BCUT2D eigenvalue weighted by Gasteiger charge is 2.16. The SMILES string of the molecule is CCCc1ccc(C(=O)CCC(=O)NCC(=O)Nc2ccc(F)c(F)c2F)cc1. The number of aryl methyl sites for hydroxylation is 1. The third-order valence-electron chi connectivity index (χ3n) is 4.15. The van der Waals surface area contributed by atoms with E-state index < -0.39 is 41.5 Å². The molecule has 0 aliphatic rings. The first kappa shape index (κ1) is 22.1. The Balaban J connectivity index is 1.77. The molecule has 2 N–H and O–H groups in total. The lowest BCUT2D eigenvalue weighted by molar-refractivity contribution is -0.124. The van der Waals surface area contributed by atoms with Gasteiger partial charge in [0.15, 0.2) is 23.2 Å². The molecule has 0 aromatic heterocycles. The van der Waals surface area contributed by atoms with Gasteiger partial charge < -0.3 is 10.6 Å². The van der Waals surface area contributed by atoms with Gasteiger partial charge in [0.2, 0.25) is 11.8 Å². The maximum absolute atomic E-state index is 13.5. The number of anilines is 1. The first-order valence-electron chi connectivity index (χ1n) is 9.14. The number of halogens is 3. The number of ketones is 1. The third-order valence-corrected chi connectivity index (χ3v) is 4.15. The number of carbonyl (C=O) groups is 3. The van der Waals surface area contributed by atoms with Crippen LogP contribution in [0.2, 0.25) is 0 Å². The van der Waals surface area contributed by atoms with Gasteiger partial charge in [0.1, 0.15) is 0 Å². The fourth-order valence-electron chi connectivity index (χ4n) is 2.60. The summed E-state index contributed by atoms with van der Waals surface area (Å²) >= 11 is 0. The largest absolute Gasteiger partial charge is 0.347 e. The fraction of sp³-hybridized carbons (Fsp3) is 0.286. The van der Waals surface area contributed by atoms with E-state index in [1.165, 1.54) is 0 Å². The predicted octanol–water partition coefficient (Wildman–Crippen LogP) is 3.77. The average Bonchev–Trinajstić information content (AvgIpc) is 2.71. The highest BCUT2D eigenvalue weighted by molar-refractivity contribution is 5.99. The van der Waals surface area contributed by atoms with Gasteiger partial charge in [-0.15, -0.1) is 0 Å². The molecule has 29 heavy (non-hydrogen) atoms. The standard InChI is InChI=1S/C21H21F3N2O3/c1-2-3-13-4-6-14(7-5-13)17(27)10-11-18(28)25-12-19(29)26-16-9-8-15(22)20(23)21(16)24/h4-9H,2-3,10-12H2,1H3,(H,25,28)(H,26,29). The summed E-state index contributed by atoms with van der Waals surface area (Å²) in [5.74, 6) is -6.16. The van der Waals surface area contributed by atoms with Crippen molar-refractivity contribution >= 4 is 23.3 Å². The van der Waals surface area contributed by atoms with Gasteiger partial charge >= 0.3 is 0 Å². The molecule has 2 rings (SSSR count). The monoisotopic (exact) mass is 406 g/mol. The van der Waals surface area contributed by atoms with Gasteiger partial charge in [-0.25, -0.2) is 13.2 Å². The zero-order valence-electron chi connectivity index (χ0n) is 15.9. The summed E-state index contributed by atoms with van der Waals surface area (Å²) in [5, 5.41) is 4.32. The molecule has 8 heteroatoms. The van der Waals surface area contributed by atoms with Crippen LogP contribution in [0.25, 0.3) is 0 Å². The molecule has 0 unspecified atom stereocenters. The lowest BCUT2D eigenvalue weighted by atomic mass is 10.0. The van der Waals surface area contributed by atoms with E-state index in [2.05, 4.69) is 12.2 Å². The van der Waals surface area contributed by atoms with Crippen molar-refractivity contribution in [1.29, 1.82) is 0 Å². The summed E-state index contributed by atoms with van der Waals surface area (Å²) in [6.07, 6.45) is 1.78. The Kier molecular flexibility index (Phi) is 7.94. The lowest BCUT2D eigenvalue weighted by Crippen LogP contribution is -2.33. The van der Waals surface area contributed by atoms with Gasteiger partial charge in [-0.1, -0.05) is 37.6 Å². The van der Waals surface area contributed by atoms with Crippen LogP contribution in [0.4, 0.5) is 18.9 Å². The van der Waals surface area contributed by atoms with Crippen molar-refractivity contribution in [1.82, 2.24) is 5.32 Å². The molecule has 5 nitrogen and oxygen atoms in total. The summed E-state index contributed by atoms with van der Waals surface area (Å²) in [5.41, 5.74) is 1.10. The lowest BCUT2D eigenvalue weighted by Gasteiger charge is -2.08. The van der Waals surface area contributed by atoms with Gasteiger partial charge in [-0.05, 0) is 24.1 Å². The second kappa shape index (κ2) is 10.4. The van der Waals surface area contributed by atoms with Crippen molar-refractivity contribution in [2.24, 2.45) is 0 Å². The third kappa shape index (κ3) is 6.44. The average molecular weight is 406 g/mol. The Morgan fingerprint density at radius 2 is 1.55 bits per heavy atom. The first-order valence-corrected chi connectivity index (χ1v) is 9.14. The second-order valence-corrected chi connectivity index (χ2v) is 6.42. The van der Waals surface area contributed by atoms with E-state index in [1.807, 2.05) is 17.4 Å². The summed E-state index contributed by atoms with van der Waals surface area (Å²) in [6, 6.07) is 8.73. The number of benzene rings is 2. The molecule has 0 radical (unpaired) electrons. The molecule has 2 aromatic carbocycles. The Hall–Kier alpha value is -3.16. The smallest absolute Gasteiger partial charge is 0.243 e. The van der Waals surface area contributed by atoms with Crippen molar-refractivity contribution in [2.45, 2.75) is 32.6 Å². The van der Waals surface area contributed by atoms with E-state index in [0.29, 0.717) is 11.6 Å². The van der Waals surface area contributed by atoms with Gasteiger partial charge in [0.25, 0.3) is 0 Å². The van der Waals surface area contributed by atoms with Crippen LogP contribution in [0.3, 0.4) is 0 Å². The number of hydrogen-bond donors (Lipinski definition) is 2. The van der Waals surface area contributed by atoms with Gasteiger partial charge in [-0.2, -0.15) is 0 Å². The molecule has 0 aliphatic heterocycles. The molecular formula is C21H21F3N2O3. The van der Waals surface area contributed by atoms with Crippen molar-refractivity contribution < 1.29 is 27.6 Å². The Morgan fingerprint density at radius 3 is 2.21 bits per heavy atom. The molecule has 0 aliphatic carbocycles. The molecule has 0 spiro atoms. The van der Waals surface area contributed by atoms with Crippen LogP contribution >= 0.6 is 0 Å². The fourth-order valence-corrected chi connectivity index (χ4v) is 2.60. The van der Waals surface area contributed by atoms with E-state index in [1.54, 1.807) is 12.1 Å². The summed E-state index contributed by atoms with van der Waals surface area (Å²) in [6.45, 7) is 1.56. The molecule has 0 bridgehead atoms. The van der Waals surface area contributed by atoms with E-state index in [0.717, 1.165) is 24.5 Å². The predicted molar refractivity (Wildman–Crippen MR) is 102 cm³/mol. The van der Waals surface area contributed by atoms with Crippen LogP contribution in [0.1, 0.15) is 42.1 Å². The quantitative estimate of drug-likeness (QED) is 0.492. The van der Waals surface area contributed by atoms with Crippen LogP contribution in [-0.4, -0.2) is 24.1 Å². The number of Topliss-reactive ketones (excluding diaryl/α,β-unsaturated/α-hetero) is 1. The van der Waals surface area contributed by atoms with Crippen LogP contribution in [0.5, 0.6) is 0 Å². The summed E-state index contributed by atoms with van der Waals surface area (Å²) < 4.78 is 39.5. The van der Waals surface area contributed by atoms with Gasteiger partial charge in [0, 0.05) is 18.4 Å². The number of amides is 2. The normalized spacial score (nSPS) is 10.5. The molecule has 0 heterocycles. The Morgan fingerprint density at radius 1 is 0.862 bits per heavy atom. The molecule has 154 valence electrons. The van der Waals surface area contributed by atoms with E-state index in [4.69, 9.17) is 0 Å². The van der Waals surface area contributed by atoms with Crippen molar-refractivity contribution in [3.05, 3.63) is 65.0 Å². The number of rotatable bonds is 9. The van der Waals surface area contributed by atoms with Crippen LogP contribution < -0.4 is 10.6 Å². The van der Waals surface area contributed by atoms with Gasteiger partial charge in [-0.3, -0.25) is 14.4 Å². The molecule has 2 amide bonds. The second-order valence-electron chi connectivity index (χ2n) is 6.42. The van der Waals surface area contributed by atoms with Crippen molar-refractivity contribution in [2.75, 3.05) is 11.9 Å². The number of nitrogens with one attached hydrogen (secondary N) is 2. The molecule has 2 aromatic rings. The number of carbonyl (C=O) groups excluding carboxylic acids is 3. The minimum atomic E-state index is -1.70. The van der Waals surface area contributed by atoms with E-state index in [9.17, 15) is 27.6 Å². The maximum atomic E-state index is 13.5. The highest BCUT2D eigenvalue weighted by Crippen LogP contribution is 2.19. The van der Waals surface area contributed by atoms with E-state index in [-0.39, 0.29) is 18.6 Å². The van der Waals surface area contributed by atoms with Crippen LogP contribution in [0, 0.1) is 17.5 Å². The van der Waals surface area contributed by atoms with Crippen molar-refractivity contribution in [3.63, 3.8) is 0 Å². The zero-order chi connectivity index (χ0) is 21.4. The Bertz CT molecular complexity index is 899. The van der Waals surface area contributed by atoms with Crippen molar-refractivity contribution in [3.8, 4) is 0 Å². The molecule has 0 atom stereocenters. The van der Waals surface area contributed by atoms with Gasteiger partial charge in [0.05, 0.1) is 12.2 Å². The Labute approximate surface area is 166 Å². The van der Waals surface area contributed by atoms with E-state index >= 15 is 0 Å². The molecular weight excluding hydrogens is 385 g/mol. The summed E-state index contributed by atoms with van der Waals surface area (Å²) in [4.78, 5) is 35.7. The first-order chi connectivity index (χ1) is 13.8. The van der Waals surface area contributed by atoms with Crippen LogP contribution in [-0.2, 0) is 16.0 Å².